The summed E-state index contributed by atoms with van der Waals surface area (Å²) in [4.78, 5) is 93.4. The zero-order chi connectivity index (χ0) is 37.7. The van der Waals surface area contributed by atoms with Crippen LogP contribution in [0.5, 0.6) is 0 Å². The number of hydrogen-bond acceptors (Lipinski definition) is 8. The first-order valence-electron chi connectivity index (χ1n) is 18.6. The van der Waals surface area contributed by atoms with Crippen molar-refractivity contribution in [2.75, 3.05) is 20.1 Å². The van der Waals surface area contributed by atoms with E-state index < -0.39 is 54.0 Å². The smallest absolute Gasteiger partial charge is 0.271 e. The largest absolute Gasteiger partial charge is 0.345 e. The van der Waals surface area contributed by atoms with Gasteiger partial charge in [-0.3, -0.25) is 28.8 Å². The molecule has 2 aromatic rings. The molecule has 3 aliphatic heterocycles. The van der Waals surface area contributed by atoms with Gasteiger partial charge >= 0.3 is 0 Å². The maximum atomic E-state index is 14.5. The Bertz CT molecular complexity index is 1630. The fourth-order valence-corrected chi connectivity index (χ4v) is 8.48. The molecule has 0 aliphatic carbocycles. The van der Waals surface area contributed by atoms with E-state index in [1.54, 1.807) is 24.3 Å². The molecule has 0 unspecified atom stereocenters. The molecular formula is C38H53N7O6S. The molecule has 13 nitrogen and oxygen atoms in total. The average Bonchev–Trinajstić information content (AvgIpc) is 3.94. The van der Waals surface area contributed by atoms with Crippen LogP contribution in [0.2, 0.25) is 0 Å². The van der Waals surface area contributed by atoms with E-state index in [0.29, 0.717) is 50.2 Å². The van der Waals surface area contributed by atoms with E-state index in [9.17, 15) is 28.8 Å². The summed E-state index contributed by atoms with van der Waals surface area (Å²) < 4.78 is 0. The fraction of sp³-hybridized carbons (Fsp3) is 0.605. The van der Waals surface area contributed by atoms with Crippen LogP contribution < -0.4 is 16.0 Å². The molecule has 5 rings (SSSR count). The summed E-state index contributed by atoms with van der Waals surface area (Å²) in [6.45, 7) is 10.1. The summed E-state index contributed by atoms with van der Waals surface area (Å²) in [7, 11) is 1.62. The van der Waals surface area contributed by atoms with Crippen LogP contribution in [-0.2, 0) is 30.4 Å². The first-order valence-corrected chi connectivity index (χ1v) is 19.5. The number of hydrogen-bond donors (Lipinski definition) is 3. The highest BCUT2D eigenvalue weighted by atomic mass is 32.1. The van der Waals surface area contributed by atoms with Crippen LogP contribution in [0.25, 0.3) is 0 Å². The highest BCUT2D eigenvalue weighted by Gasteiger charge is 2.45. The zero-order valence-corrected chi connectivity index (χ0v) is 31.9. The molecule has 1 aromatic heterocycles. The summed E-state index contributed by atoms with van der Waals surface area (Å²) >= 11 is 1.25. The van der Waals surface area contributed by atoms with Crippen molar-refractivity contribution in [3.8, 4) is 0 Å². The molecule has 2 fully saturated rings. The first-order chi connectivity index (χ1) is 24.9. The summed E-state index contributed by atoms with van der Waals surface area (Å²) in [6, 6.07) is 4.36. The molecule has 52 heavy (non-hydrogen) atoms. The Morgan fingerprint density at radius 2 is 1.44 bits per heavy atom. The van der Waals surface area contributed by atoms with Gasteiger partial charge in [0.1, 0.15) is 40.9 Å². The number of aromatic nitrogens is 1. The lowest BCUT2D eigenvalue weighted by Gasteiger charge is -2.39. The maximum Gasteiger partial charge on any atom is 0.271 e. The highest BCUT2D eigenvalue weighted by molar-refractivity contribution is 7.09. The SMILES string of the molecule is CC[C@H](C)[C@@H]1NC(=O)[C@@H]2CCCN2C(=O)[C@H]([C@@H](C)CC)N(C)C(=O)[C@@H]2CCCN2C(=O)[C@H](Cc2ccccc2)NC(=O)[C@H](C)NC(=O)c2csc1n2. The second-order valence-corrected chi connectivity index (χ2v) is 15.4. The monoisotopic (exact) mass is 735 g/mol. The predicted octanol–water partition coefficient (Wildman–Crippen LogP) is 3.06. The molecule has 6 amide bonds. The number of carbonyl (C=O) groups excluding carboxylic acids is 6. The highest BCUT2D eigenvalue weighted by Crippen LogP contribution is 2.31. The van der Waals surface area contributed by atoms with Gasteiger partial charge in [-0.25, -0.2) is 4.98 Å². The van der Waals surface area contributed by atoms with Crippen molar-refractivity contribution >= 4 is 46.8 Å². The van der Waals surface area contributed by atoms with Gasteiger partial charge in [0, 0.05) is 31.9 Å². The third-order valence-electron chi connectivity index (χ3n) is 11.0. The number of nitrogens with one attached hydrogen (secondary N) is 3. The number of thiazole rings is 1. The summed E-state index contributed by atoms with van der Waals surface area (Å²) in [6.07, 6.45) is 3.63. The maximum absolute atomic E-state index is 14.5. The Morgan fingerprint density at radius 1 is 0.808 bits per heavy atom. The average molecular weight is 736 g/mol. The van der Waals surface area contributed by atoms with E-state index in [4.69, 9.17) is 0 Å². The number of likely N-dealkylation sites (N-methyl/N-ethyl adjacent to an activating group) is 1. The van der Waals surface area contributed by atoms with Gasteiger partial charge in [0.2, 0.25) is 29.5 Å². The lowest BCUT2D eigenvalue weighted by molar-refractivity contribution is -0.153. The van der Waals surface area contributed by atoms with Crippen molar-refractivity contribution in [1.82, 2.24) is 35.6 Å². The van der Waals surface area contributed by atoms with Gasteiger partial charge in [0.25, 0.3) is 5.91 Å². The molecule has 2 bridgehead atoms. The molecule has 8 atom stereocenters. The molecule has 282 valence electrons. The van der Waals surface area contributed by atoms with Gasteiger partial charge in [-0.2, -0.15) is 0 Å². The quantitative estimate of drug-likeness (QED) is 0.411. The Kier molecular flexibility index (Phi) is 12.7. The van der Waals surface area contributed by atoms with Crippen molar-refractivity contribution in [3.63, 3.8) is 0 Å². The Balaban J connectivity index is 1.55. The van der Waals surface area contributed by atoms with Crippen molar-refractivity contribution in [2.45, 2.75) is 116 Å². The molecule has 0 saturated carbocycles. The van der Waals surface area contributed by atoms with E-state index in [2.05, 4.69) is 20.9 Å². The van der Waals surface area contributed by atoms with E-state index in [1.165, 1.54) is 21.1 Å². The molecule has 1 aromatic carbocycles. The van der Waals surface area contributed by atoms with Crippen LogP contribution in [0.3, 0.4) is 0 Å². The zero-order valence-electron chi connectivity index (χ0n) is 31.1. The normalized spacial score (nSPS) is 28.0. The summed E-state index contributed by atoms with van der Waals surface area (Å²) in [5.74, 6) is -2.73. The Morgan fingerprint density at radius 3 is 2.10 bits per heavy atom. The predicted molar refractivity (Wildman–Crippen MR) is 197 cm³/mol. The van der Waals surface area contributed by atoms with Gasteiger partial charge in [0.05, 0.1) is 6.04 Å². The minimum atomic E-state index is -1.02. The fourth-order valence-electron chi connectivity index (χ4n) is 7.50. The summed E-state index contributed by atoms with van der Waals surface area (Å²) in [5.41, 5.74) is 0.930. The number of amides is 6. The van der Waals surface area contributed by atoms with Gasteiger partial charge in [0.15, 0.2) is 0 Å². The van der Waals surface area contributed by atoms with E-state index in [1.807, 2.05) is 58.0 Å². The topological polar surface area (TPSA) is 161 Å². The number of nitrogens with zero attached hydrogens (tertiary/aromatic N) is 4. The van der Waals surface area contributed by atoms with Crippen LogP contribution in [0.4, 0.5) is 0 Å². The van der Waals surface area contributed by atoms with Crippen molar-refractivity contribution in [1.29, 1.82) is 0 Å². The van der Waals surface area contributed by atoms with Crippen molar-refractivity contribution in [3.05, 3.63) is 52.0 Å². The first kappa shape index (κ1) is 38.9. The molecule has 2 saturated heterocycles. The second-order valence-electron chi connectivity index (χ2n) is 14.5. The van der Waals surface area contributed by atoms with Gasteiger partial charge in [-0.1, -0.05) is 70.9 Å². The van der Waals surface area contributed by atoms with Crippen LogP contribution in [0, 0.1) is 11.8 Å². The number of fused-ring (bicyclic) bond motifs is 4. The Hall–Kier alpha value is -4.33. The Labute approximate surface area is 310 Å². The summed E-state index contributed by atoms with van der Waals surface area (Å²) in [5, 5.41) is 10.9. The lowest BCUT2D eigenvalue weighted by atomic mass is 9.95. The van der Waals surface area contributed by atoms with E-state index in [0.717, 1.165) is 12.0 Å². The van der Waals surface area contributed by atoms with E-state index in [-0.39, 0.29) is 41.7 Å². The van der Waals surface area contributed by atoms with Crippen molar-refractivity contribution in [2.24, 2.45) is 11.8 Å². The van der Waals surface area contributed by atoms with Crippen LogP contribution in [0.15, 0.2) is 35.7 Å². The molecular weight excluding hydrogens is 683 g/mol. The molecule has 3 N–H and O–H groups in total. The number of benzene rings is 1. The lowest BCUT2D eigenvalue weighted by Crippen LogP contribution is -2.60. The van der Waals surface area contributed by atoms with Gasteiger partial charge in [-0.05, 0) is 50.0 Å². The number of rotatable bonds is 6. The molecule has 0 spiro atoms. The minimum absolute atomic E-state index is 0.0343. The van der Waals surface area contributed by atoms with Crippen LogP contribution in [-0.4, -0.2) is 105 Å². The standard InChI is InChI=1S/C38H53N7O6S/c1-7-22(3)30-35-41-27(21-52-35)33(47)39-24(5)32(46)40-26(20-25-14-10-9-11-15-25)36(49)45-19-13-17-29(45)37(50)43(6)31(23(4)8-2)38(51)44-18-12-16-28(44)34(48)42-30/h9-11,14-15,21-24,26,28-31H,7-8,12-13,16-20H2,1-6H3,(H,39,47)(H,40,46)(H,42,48)/t22-,23-,24-,26-,28-,29-,30-,31-/m0/s1. The second kappa shape index (κ2) is 17.0. The third kappa shape index (κ3) is 8.32. The minimum Gasteiger partial charge on any atom is -0.345 e. The van der Waals surface area contributed by atoms with Gasteiger partial charge in [-0.15, -0.1) is 11.3 Å². The van der Waals surface area contributed by atoms with Crippen LogP contribution >= 0.6 is 11.3 Å². The molecule has 0 radical (unpaired) electrons. The van der Waals surface area contributed by atoms with Crippen molar-refractivity contribution < 1.29 is 28.8 Å². The van der Waals surface area contributed by atoms with Crippen LogP contribution in [0.1, 0.15) is 100 Å². The molecule has 3 aliphatic rings. The third-order valence-corrected chi connectivity index (χ3v) is 12.0. The molecule has 14 heteroatoms. The number of carbonyl (C=O) groups is 6. The van der Waals surface area contributed by atoms with Gasteiger partial charge < -0.3 is 30.7 Å². The molecule has 4 heterocycles. The van der Waals surface area contributed by atoms with E-state index >= 15 is 0 Å².